The number of nitrogens with zero attached hydrogens (tertiary/aromatic N) is 3. The van der Waals surface area contributed by atoms with Crippen molar-refractivity contribution in [3.05, 3.63) is 100 Å². The molecular weight excluding hydrogens is 622 g/mol. The van der Waals surface area contributed by atoms with E-state index in [1.165, 1.54) is 0 Å². The Labute approximate surface area is 265 Å². The zero-order valence-corrected chi connectivity index (χ0v) is 26.6. The van der Waals surface area contributed by atoms with Crippen LogP contribution in [0.5, 0.6) is 5.75 Å². The highest BCUT2D eigenvalue weighted by atomic mass is 79.9. The van der Waals surface area contributed by atoms with Gasteiger partial charge in [0.1, 0.15) is 11.8 Å². The standard InChI is InChI=1S/C34H34BrN5O4/c1-21(37-3)32(41)38-28-20-40(33(42)23-14-12-22(13-15-23)18-36-2)30-11-6-5-10-29(30)39(34(28)43)19-26-24-8-7-9-27(35)25(24)16-17-31(26)44-4/h5-18,21,28,37H,19-20H2,1-4H3,(H,38,41). The van der Waals surface area contributed by atoms with Gasteiger partial charge in [-0.2, -0.15) is 0 Å². The van der Waals surface area contributed by atoms with E-state index < -0.39 is 12.1 Å². The molecule has 0 radical (unpaired) electrons. The number of fused-ring (bicyclic) bond motifs is 2. The lowest BCUT2D eigenvalue weighted by molar-refractivity contribution is -0.128. The summed E-state index contributed by atoms with van der Waals surface area (Å²) in [7, 11) is 4.96. The maximum atomic E-state index is 14.5. The van der Waals surface area contributed by atoms with Gasteiger partial charge in [0.15, 0.2) is 0 Å². The van der Waals surface area contributed by atoms with Crippen LogP contribution in [0.3, 0.4) is 0 Å². The molecule has 0 saturated heterocycles. The molecular formula is C34H34BrN5O4. The van der Waals surface area contributed by atoms with Gasteiger partial charge in [0.2, 0.25) is 5.91 Å². The molecule has 0 bridgehead atoms. The maximum absolute atomic E-state index is 14.5. The Kier molecular flexibility index (Phi) is 9.41. The molecule has 2 N–H and O–H groups in total. The van der Waals surface area contributed by atoms with Crippen LogP contribution in [0, 0.1) is 0 Å². The molecule has 10 heteroatoms. The van der Waals surface area contributed by atoms with Crippen LogP contribution in [0.2, 0.25) is 0 Å². The van der Waals surface area contributed by atoms with Gasteiger partial charge in [-0.3, -0.25) is 19.4 Å². The predicted molar refractivity (Wildman–Crippen MR) is 178 cm³/mol. The second-order valence-electron chi connectivity index (χ2n) is 10.5. The smallest absolute Gasteiger partial charge is 0.258 e. The molecule has 3 amide bonds. The van der Waals surface area contributed by atoms with Gasteiger partial charge in [-0.05, 0) is 72.8 Å². The van der Waals surface area contributed by atoms with Gasteiger partial charge in [-0.15, -0.1) is 0 Å². The van der Waals surface area contributed by atoms with Crippen LogP contribution in [-0.2, 0) is 16.1 Å². The first-order valence-electron chi connectivity index (χ1n) is 14.2. The summed E-state index contributed by atoms with van der Waals surface area (Å²) in [5.74, 6) is -0.357. The highest BCUT2D eigenvalue weighted by Crippen LogP contribution is 2.38. The highest BCUT2D eigenvalue weighted by Gasteiger charge is 2.38. The highest BCUT2D eigenvalue weighted by molar-refractivity contribution is 9.10. The molecule has 0 saturated carbocycles. The van der Waals surface area contributed by atoms with Crippen molar-refractivity contribution >= 4 is 62.0 Å². The summed E-state index contributed by atoms with van der Waals surface area (Å²) in [4.78, 5) is 48.9. The fourth-order valence-electron chi connectivity index (χ4n) is 5.37. The van der Waals surface area contributed by atoms with E-state index in [9.17, 15) is 14.4 Å². The minimum absolute atomic E-state index is 0.0518. The van der Waals surface area contributed by atoms with Crippen LogP contribution < -0.4 is 25.2 Å². The molecule has 1 aliphatic rings. The van der Waals surface area contributed by atoms with Gasteiger partial charge in [0.25, 0.3) is 11.8 Å². The first-order chi connectivity index (χ1) is 21.3. The fourth-order valence-corrected chi connectivity index (χ4v) is 5.87. The van der Waals surface area contributed by atoms with Crippen LogP contribution in [0.25, 0.3) is 10.8 Å². The second-order valence-corrected chi connectivity index (χ2v) is 11.3. The number of rotatable bonds is 8. The molecule has 1 aliphatic heterocycles. The van der Waals surface area contributed by atoms with Crippen LogP contribution in [0.15, 0.2) is 88.3 Å². The van der Waals surface area contributed by atoms with Gasteiger partial charge < -0.3 is 25.2 Å². The Hall–Kier alpha value is -4.54. The topological polar surface area (TPSA) is 103 Å². The molecule has 0 spiro atoms. The molecule has 0 aliphatic carbocycles. The summed E-state index contributed by atoms with van der Waals surface area (Å²) in [6.45, 7) is 1.81. The molecule has 226 valence electrons. The molecule has 0 fully saturated rings. The molecule has 4 aromatic rings. The number of amides is 3. The van der Waals surface area contributed by atoms with Crippen molar-refractivity contribution in [3.8, 4) is 5.75 Å². The number of aliphatic imine (C=N–C) groups is 1. The number of benzene rings is 4. The summed E-state index contributed by atoms with van der Waals surface area (Å²) in [6, 6.07) is 22.6. The van der Waals surface area contributed by atoms with Crippen LogP contribution in [0.1, 0.15) is 28.4 Å². The Bertz CT molecular complexity index is 1740. The zero-order chi connectivity index (χ0) is 31.4. The number of hydrogen-bond acceptors (Lipinski definition) is 6. The maximum Gasteiger partial charge on any atom is 0.258 e. The van der Waals surface area contributed by atoms with Crippen molar-refractivity contribution in [1.29, 1.82) is 0 Å². The van der Waals surface area contributed by atoms with Gasteiger partial charge in [0, 0.05) is 28.9 Å². The van der Waals surface area contributed by atoms with Crippen molar-refractivity contribution in [1.82, 2.24) is 10.6 Å². The number of nitrogens with one attached hydrogen (secondary N) is 2. The van der Waals surface area contributed by atoms with Gasteiger partial charge in [-0.1, -0.05) is 52.3 Å². The minimum atomic E-state index is -1.02. The SMILES string of the molecule is CN=Cc1ccc(C(=O)N2CC(NC(=O)C(C)NC)C(=O)N(Cc3c(OC)ccc4c(Br)cccc34)c3ccccc32)cc1. The van der Waals surface area contributed by atoms with Crippen LogP contribution >= 0.6 is 15.9 Å². The largest absolute Gasteiger partial charge is 0.496 e. The number of methoxy groups -OCH3 is 1. The first kappa shape index (κ1) is 30.9. The molecule has 1 heterocycles. The number of carbonyl (C=O) groups is 3. The third kappa shape index (κ3) is 6.09. The van der Waals surface area contributed by atoms with Crippen LogP contribution in [0.4, 0.5) is 11.4 Å². The summed E-state index contributed by atoms with van der Waals surface area (Å²) in [6.07, 6.45) is 1.71. The number of carbonyl (C=O) groups excluding carboxylic acids is 3. The van der Waals surface area contributed by atoms with E-state index in [4.69, 9.17) is 4.74 Å². The number of likely N-dealkylation sites (N-methyl/N-ethyl adjacent to an activating group) is 1. The van der Waals surface area contributed by atoms with E-state index in [-0.39, 0.29) is 30.8 Å². The van der Waals surface area contributed by atoms with Gasteiger partial charge in [0.05, 0.1) is 37.6 Å². The summed E-state index contributed by atoms with van der Waals surface area (Å²) < 4.78 is 6.68. The van der Waals surface area contributed by atoms with Crippen molar-refractivity contribution in [2.24, 2.45) is 4.99 Å². The van der Waals surface area contributed by atoms with E-state index in [1.807, 2.05) is 66.7 Å². The molecule has 0 aromatic heterocycles. The van der Waals surface area contributed by atoms with Crippen LogP contribution in [-0.4, -0.2) is 63.8 Å². The fraction of sp³-hybridized carbons (Fsp3) is 0.235. The third-order valence-electron chi connectivity index (χ3n) is 7.83. The van der Waals surface area contributed by atoms with Crippen molar-refractivity contribution < 1.29 is 19.1 Å². The van der Waals surface area contributed by atoms with E-state index in [2.05, 4.69) is 31.6 Å². The lowest BCUT2D eigenvalue weighted by atomic mass is 10.0. The van der Waals surface area contributed by atoms with E-state index >= 15 is 0 Å². The summed E-state index contributed by atoms with van der Waals surface area (Å²) >= 11 is 3.64. The first-order valence-corrected chi connectivity index (χ1v) is 15.0. The van der Waals surface area contributed by atoms with E-state index in [1.54, 1.807) is 56.3 Å². The minimum Gasteiger partial charge on any atom is -0.496 e. The average Bonchev–Trinajstić information content (AvgIpc) is 3.15. The average molecular weight is 657 g/mol. The van der Waals surface area contributed by atoms with Gasteiger partial charge in [-0.25, -0.2) is 0 Å². The Morgan fingerprint density at radius 3 is 2.43 bits per heavy atom. The van der Waals surface area contributed by atoms with Crippen molar-refractivity contribution in [2.75, 3.05) is 37.5 Å². The Morgan fingerprint density at radius 2 is 1.75 bits per heavy atom. The zero-order valence-electron chi connectivity index (χ0n) is 25.0. The molecule has 4 aromatic carbocycles. The molecule has 2 unspecified atom stereocenters. The second kappa shape index (κ2) is 13.4. The normalized spacial score (nSPS) is 15.7. The lowest BCUT2D eigenvalue weighted by Crippen LogP contribution is -2.55. The molecule has 5 rings (SSSR count). The summed E-state index contributed by atoms with van der Waals surface area (Å²) in [5.41, 5.74) is 3.22. The monoisotopic (exact) mass is 655 g/mol. The third-order valence-corrected chi connectivity index (χ3v) is 8.52. The number of hydrogen-bond donors (Lipinski definition) is 2. The van der Waals surface area contributed by atoms with Gasteiger partial charge >= 0.3 is 0 Å². The van der Waals surface area contributed by atoms with Crippen molar-refractivity contribution in [3.63, 3.8) is 0 Å². The number of halogens is 1. The lowest BCUT2D eigenvalue weighted by Gasteiger charge is -2.27. The number of ether oxygens (including phenoxy) is 1. The Balaban J connectivity index is 1.64. The molecule has 44 heavy (non-hydrogen) atoms. The van der Waals surface area contributed by atoms with Crippen molar-refractivity contribution in [2.45, 2.75) is 25.6 Å². The number of para-hydroxylation sites is 2. The Morgan fingerprint density at radius 1 is 1.02 bits per heavy atom. The molecule has 2 atom stereocenters. The molecule has 9 nitrogen and oxygen atoms in total. The summed E-state index contributed by atoms with van der Waals surface area (Å²) in [5, 5.41) is 7.71. The predicted octanol–water partition coefficient (Wildman–Crippen LogP) is 4.95. The quantitative estimate of drug-likeness (QED) is 0.262. The van der Waals surface area contributed by atoms with E-state index in [0.29, 0.717) is 22.7 Å². The van der Waals surface area contributed by atoms with E-state index in [0.717, 1.165) is 26.4 Å². The number of anilines is 2.